The van der Waals surface area contributed by atoms with Crippen LogP contribution in [0.5, 0.6) is 0 Å². The summed E-state index contributed by atoms with van der Waals surface area (Å²) in [5.41, 5.74) is 0.770. The van der Waals surface area contributed by atoms with Crippen LogP contribution in [0.3, 0.4) is 0 Å². The molecule has 0 amide bonds. The number of hydrogen-bond donors (Lipinski definition) is 0. The van der Waals surface area contributed by atoms with E-state index < -0.39 is 0 Å². The Kier molecular flexibility index (Phi) is 4.44. The first-order valence-electron chi connectivity index (χ1n) is 5.39. The van der Waals surface area contributed by atoms with E-state index in [1.54, 1.807) is 0 Å². The first-order valence-corrected chi connectivity index (χ1v) is 5.39. The van der Waals surface area contributed by atoms with Crippen molar-refractivity contribution in [1.29, 1.82) is 0 Å². The Morgan fingerprint density at radius 2 is 1.46 bits per heavy atom. The Hall–Kier alpha value is -0.0400. The summed E-state index contributed by atoms with van der Waals surface area (Å²) >= 11 is 0. The van der Waals surface area contributed by atoms with Crippen molar-refractivity contribution in [2.45, 2.75) is 48.0 Å². The molecule has 0 aromatic heterocycles. The molecule has 1 nitrogen and oxygen atoms in total. The summed E-state index contributed by atoms with van der Waals surface area (Å²) in [7, 11) is 2.22. The van der Waals surface area contributed by atoms with Gasteiger partial charge < -0.3 is 4.90 Å². The van der Waals surface area contributed by atoms with Crippen LogP contribution in [0, 0.1) is 10.8 Å². The zero-order valence-electron chi connectivity index (χ0n) is 10.6. The lowest BCUT2D eigenvalue weighted by molar-refractivity contribution is 0.0820. The lowest BCUT2D eigenvalue weighted by atomic mass is 9.69. The smallest absolute Gasteiger partial charge is 0.00346 e. The summed E-state index contributed by atoms with van der Waals surface area (Å²) < 4.78 is 0. The van der Waals surface area contributed by atoms with Gasteiger partial charge in [-0.05, 0) is 30.8 Å². The first kappa shape index (κ1) is 13.0. The van der Waals surface area contributed by atoms with Gasteiger partial charge in [0.25, 0.3) is 0 Å². The maximum Gasteiger partial charge on any atom is 0.00346 e. The lowest BCUT2D eigenvalue weighted by Crippen LogP contribution is -2.40. The lowest BCUT2D eigenvalue weighted by Gasteiger charge is -2.41. The van der Waals surface area contributed by atoms with Gasteiger partial charge in [0.1, 0.15) is 0 Å². The summed E-state index contributed by atoms with van der Waals surface area (Å²) in [5.74, 6) is 0. The fourth-order valence-electron chi connectivity index (χ4n) is 1.37. The largest absolute Gasteiger partial charge is 0.306 e. The number of hydrogen-bond acceptors (Lipinski definition) is 1. The van der Waals surface area contributed by atoms with Crippen LogP contribution in [-0.4, -0.2) is 25.0 Å². The Balaban J connectivity index is 4.17. The van der Waals surface area contributed by atoms with E-state index in [4.69, 9.17) is 0 Å². The molecule has 0 saturated heterocycles. The standard InChI is InChI=1S/C12H27N/c1-8-9-13(7)10-12(5,6)11(2,3)4/h8-10H2,1-7H3. The molecule has 0 unspecified atom stereocenters. The molecule has 1 heteroatoms. The second-order valence-electron chi connectivity index (χ2n) is 5.87. The highest BCUT2D eigenvalue weighted by molar-refractivity contribution is 4.84. The van der Waals surface area contributed by atoms with E-state index in [1.807, 2.05) is 0 Å². The molecule has 0 rings (SSSR count). The topological polar surface area (TPSA) is 3.24 Å². The van der Waals surface area contributed by atoms with Crippen LogP contribution in [-0.2, 0) is 0 Å². The van der Waals surface area contributed by atoms with E-state index in [0.717, 1.165) is 0 Å². The van der Waals surface area contributed by atoms with Crippen molar-refractivity contribution in [2.24, 2.45) is 10.8 Å². The predicted molar refractivity (Wildman–Crippen MR) is 61.0 cm³/mol. The molecule has 0 radical (unpaired) electrons. The molecule has 0 fully saturated rings. The van der Waals surface area contributed by atoms with Crippen molar-refractivity contribution >= 4 is 0 Å². The summed E-state index contributed by atoms with van der Waals surface area (Å²) in [4.78, 5) is 2.44. The summed E-state index contributed by atoms with van der Waals surface area (Å²) in [6.07, 6.45) is 1.25. The van der Waals surface area contributed by atoms with Gasteiger partial charge in [0.05, 0.1) is 0 Å². The molecular weight excluding hydrogens is 158 g/mol. The minimum atomic E-state index is 0.384. The van der Waals surface area contributed by atoms with E-state index >= 15 is 0 Å². The fraction of sp³-hybridized carbons (Fsp3) is 1.00. The molecule has 0 N–H and O–H groups in total. The zero-order valence-corrected chi connectivity index (χ0v) is 10.6. The van der Waals surface area contributed by atoms with Crippen LogP contribution < -0.4 is 0 Å². The third-order valence-electron chi connectivity index (χ3n) is 3.30. The van der Waals surface area contributed by atoms with E-state index in [0.29, 0.717) is 10.8 Å². The maximum atomic E-state index is 2.44. The summed E-state index contributed by atoms with van der Waals surface area (Å²) in [5, 5.41) is 0. The van der Waals surface area contributed by atoms with E-state index in [-0.39, 0.29) is 0 Å². The first-order chi connectivity index (χ1) is 5.70. The maximum absolute atomic E-state index is 2.44. The van der Waals surface area contributed by atoms with Crippen molar-refractivity contribution in [3.63, 3.8) is 0 Å². The Morgan fingerprint density at radius 3 is 1.77 bits per heavy atom. The molecular formula is C12H27N. The molecule has 0 saturated carbocycles. The summed E-state index contributed by atoms with van der Waals surface area (Å²) in [6.45, 7) is 16.3. The average molecular weight is 185 g/mol. The van der Waals surface area contributed by atoms with E-state index in [1.165, 1.54) is 19.5 Å². The fourth-order valence-corrected chi connectivity index (χ4v) is 1.37. The molecule has 0 aliphatic heterocycles. The van der Waals surface area contributed by atoms with E-state index in [9.17, 15) is 0 Å². The molecule has 0 aromatic carbocycles. The zero-order chi connectivity index (χ0) is 10.7. The average Bonchev–Trinajstić information content (AvgIpc) is 1.83. The second kappa shape index (κ2) is 4.45. The van der Waals surface area contributed by atoms with Crippen molar-refractivity contribution in [3.05, 3.63) is 0 Å². The van der Waals surface area contributed by atoms with Crippen LogP contribution in [0.15, 0.2) is 0 Å². The normalized spacial score (nSPS) is 13.8. The quantitative estimate of drug-likeness (QED) is 0.649. The Labute approximate surface area is 84.5 Å². The van der Waals surface area contributed by atoms with Gasteiger partial charge in [-0.25, -0.2) is 0 Å². The highest BCUT2D eigenvalue weighted by atomic mass is 15.1. The number of rotatable bonds is 4. The van der Waals surface area contributed by atoms with E-state index in [2.05, 4.69) is 53.5 Å². The van der Waals surface area contributed by atoms with Crippen LogP contribution in [0.2, 0.25) is 0 Å². The monoisotopic (exact) mass is 185 g/mol. The predicted octanol–water partition coefficient (Wildman–Crippen LogP) is 3.40. The van der Waals surface area contributed by atoms with Gasteiger partial charge in [-0.15, -0.1) is 0 Å². The van der Waals surface area contributed by atoms with Crippen LogP contribution in [0.1, 0.15) is 48.0 Å². The number of nitrogens with zero attached hydrogens (tertiary/aromatic N) is 1. The molecule has 0 heterocycles. The molecule has 0 aliphatic carbocycles. The van der Waals surface area contributed by atoms with Gasteiger partial charge in [0.15, 0.2) is 0 Å². The minimum absolute atomic E-state index is 0.384. The van der Waals surface area contributed by atoms with Crippen molar-refractivity contribution < 1.29 is 0 Å². The molecule has 13 heavy (non-hydrogen) atoms. The molecule has 0 spiro atoms. The minimum Gasteiger partial charge on any atom is -0.306 e. The van der Waals surface area contributed by atoms with Crippen LogP contribution in [0.25, 0.3) is 0 Å². The highest BCUT2D eigenvalue weighted by Crippen LogP contribution is 2.38. The van der Waals surface area contributed by atoms with Gasteiger partial charge >= 0.3 is 0 Å². The van der Waals surface area contributed by atoms with Gasteiger partial charge in [0.2, 0.25) is 0 Å². The van der Waals surface area contributed by atoms with Gasteiger partial charge in [-0.3, -0.25) is 0 Å². The third kappa shape index (κ3) is 4.12. The molecule has 0 aliphatic rings. The molecule has 0 bridgehead atoms. The second-order valence-corrected chi connectivity index (χ2v) is 5.87. The third-order valence-corrected chi connectivity index (χ3v) is 3.30. The van der Waals surface area contributed by atoms with Crippen molar-refractivity contribution in [3.8, 4) is 0 Å². The highest BCUT2D eigenvalue weighted by Gasteiger charge is 2.33. The molecule has 80 valence electrons. The SMILES string of the molecule is CCCN(C)CC(C)(C)C(C)(C)C. The van der Waals surface area contributed by atoms with Crippen molar-refractivity contribution in [1.82, 2.24) is 4.90 Å². The van der Waals surface area contributed by atoms with Crippen molar-refractivity contribution in [2.75, 3.05) is 20.1 Å². The van der Waals surface area contributed by atoms with Gasteiger partial charge in [-0.2, -0.15) is 0 Å². The van der Waals surface area contributed by atoms with Gasteiger partial charge in [-0.1, -0.05) is 41.5 Å². The van der Waals surface area contributed by atoms with Crippen LogP contribution >= 0.6 is 0 Å². The summed E-state index contributed by atoms with van der Waals surface area (Å²) in [6, 6.07) is 0. The molecule has 0 atom stereocenters. The Morgan fingerprint density at radius 1 is 1.00 bits per heavy atom. The Bertz CT molecular complexity index is 142. The van der Waals surface area contributed by atoms with Gasteiger partial charge in [0, 0.05) is 6.54 Å². The molecule has 0 aromatic rings. The van der Waals surface area contributed by atoms with Crippen LogP contribution in [0.4, 0.5) is 0 Å².